The van der Waals surface area contributed by atoms with Crippen LogP contribution in [-0.4, -0.2) is 6.04 Å². The fourth-order valence-electron chi connectivity index (χ4n) is 2.84. The first kappa shape index (κ1) is 15.6. The van der Waals surface area contributed by atoms with Crippen LogP contribution >= 0.6 is 47.8 Å². The Balaban J connectivity index is 1.67. The maximum atomic E-state index is 3.65. The molecule has 0 spiro atoms. The van der Waals surface area contributed by atoms with Crippen LogP contribution in [0, 0.1) is 6.92 Å². The van der Waals surface area contributed by atoms with Crippen molar-refractivity contribution in [3.63, 3.8) is 0 Å². The molecule has 2 aromatic rings. The minimum absolute atomic E-state index is 0.539. The second-order valence-corrected chi connectivity index (χ2v) is 8.20. The van der Waals surface area contributed by atoms with Gasteiger partial charge in [0.05, 0.1) is 5.69 Å². The first-order chi connectivity index (χ1) is 10.0. The molecule has 1 fully saturated rings. The van der Waals surface area contributed by atoms with Crippen molar-refractivity contribution in [2.24, 2.45) is 0 Å². The van der Waals surface area contributed by atoms with E-state index in [0.717, 1.165) is 14.6 Å². The Hall–Kier alpha value is -0.320. The molecular formula is C17H16Br3N. The van der Waals surface area contributed by atoms with Crippen LogP contribution in [0.2, 0.25) is 0 Å². The van der Waals surface area contributed by atoms with E-state index >= 15 is 0 Å². The number of halogens is 3. The summed E-state index contributed by atoms with van der Waals surface area (Å²) in [5, 5.41) is 3.65. The lowest BCUT2D eigenvalue weighted by Gasteiger charge is -2.37. The maximum absolute atomic E-state index is 3.65. The number of benzene rings is 2. The molecule has 0 aromatic heterocycles. The van der Waals surface area contributed by atoms with Crippen molar-refractivity contribution in [2.75, 3.05) is 5.32 Å². The van der Waals surface area contributed by atoms with Gasteiger partial charge in [-0.1, -0.05) is 34.1 Å². The van der Waals surface area contributed by atoms with Gasteiger partial charge >= 0.3 is 0 Å². The molecule has 1 aliphatic carbocycles. The molecule has 4 heteroatoms. The van der Waals surface area contributed by atoms with Gasteiger partial charge in [0.1, 0.15) is 0 Å². The molecule has 0 atom stereocenters. The fourth-order valence-corrected chi connectivity index (χ4v) is 5.09. The SMILES string of the molecule is Cc1cc(Br)c(NC2CC(c3ccccc3Br)C2)c(Br)c1. The quantitative estimate of drug-likeness (QED) is 0.526. The standard InChI is InChI=1S/C17H16Br3N/c1-10-6-15(19)17(16(20)7-10)21-12-8-11(9-12)13-4-2-3-5-14(13)18/h2-7,11-12,21H,8-9H2,1H3. The molecule has 21 heavy (non-hydrogen) atoms. The highest BCUT2D eigenvalue weighted by Crippen LogP contribution is 2.43. The van der Waals surface area contributed by atoms with Gasteiger partial charge in [-0.05, 0) is 86.9 Å². The van der Waals surface area contributed by atoms with Crippen LogP contribution in [-0.2, 0) is 0 Å². The minimum atomic E-state index is 0.539. The third kappa shape index (κ3) is 3.38. The molecule has 1 saturated carbocycles. The van der Waals surface area contributed by atoms with Gasteiger partial charge in [0.25, 0.3) is 0 Å². The number of anilines is 1. The zero-order chi connectivity index (χ0) is 15.0. The van der Waals surface area contributed by atoms with Gasteiger partial charge in [-0.15, -0.1) is 0 Å². The zero-order valence-corrected chi connectivity index (χ0v) is 16.4. The van der Waals surface area contributed by atoms with E-state index in [4.69, 9.17) is 0 Å². The van der Waals surface area contributed by atoms with Crippen LogP contribution in [0.1, 0.15) is 29.9 Å². The van der Waals surface area contributed by atoms with Crippen molar-refractivity contribution in [1.29, 1.82) is 0 Å². The Morgan fingerprint density at radius 3 is 2.19 bits per heavy atom. The molecule has 0 heterocycles. The zero-order valence-electron chi connectivity index (χ0n) is 11.7. The van der Waals surface area contributed by atoms with E-state index in [1.165, 1.54) is 28.4 Å². The Kier molecular flexibility index (Phi) is 4.77. The molecule has 0 unspecified atom stereocenters. The van der Waals surface area contributed by atoms with E-state index in [2.05, 4.69) is 96.4 Å². The molecule has 3 rings (SSSR count). The summed E-state index contributed by atoms with van der Waals surface area (Å²) in [6.07, 6.45) is 2.35. The molecule has 2 aromatic carbocycles. The topological polar surface area (TPSA) is 12.0 Å². The lowest BCUT2D eigenvalue weighted by atomic mass is 9.76. The summed E-state index contributed by atoms with van der Waals surface area (Å²) >= 11 is 11.0. The van der Waals surface area contributed by atoms with Crippen LogP contribution < -0.4 is 5.32 Å². The van der Waals surface area contributed by atoms with E-state index in [1.807, 2.05) is 0 Å². The van der Waals surface area contributed by atoms with E-state index in [0.29, 0.717) is 12.0 Å². The van der Waals surface area contributed by atoms with Gasteiger partial charge in [-0.25, -0.2) is 0 Å². The van der Waals surface area contributed by atoms with Crippen LogP contribution in [0.25, 0.3) is 0 Å². The van der Waals surface area contributed by atoms with E-state index in [1.54, 1.807) is 0 Å². The van der Waals surface area contributed by atoms with Crippen LogP contribution in [0.3, 0.4) is 0 Å². The van der Waals surface area contributed by atoms with E-state index < -0.39 is 0 Å². The summed E-state index contributed by atoms with van der Waals surface area (Å²) in [5.41, 5.74) is 3.84. The van der Waals surface area contributed by atoms with Crippen molar-refractivity contribution in [3.8, 4) is 0 Å². The highest BCUT2D eigenvalue weighted by Gasteiger charge is 2.31. The summed E-state index contributed by atoms with van der Waals surface area (Å²) < 4.78 is 3.48. The van der Waals surface area contributed by atoms with Crippen LogP contribution in [0.5, 0.6) is 0 Å². The van der Waals surface area contributed by atoms with Crippen LogP contribution in [0.4, 0.5) is 5.69 Å². The fraction of sp³-hybridized carbons (Fsp3) is 0.294. The highest BCUT2D eigenvalue weighted by molar-refractivity contribution is 9.11. The number of aryl methyl sites for hydroxylation is 1. The predicted molar refractivity (Wildman–Crippen MR) is 100 cm³/mol. The predicted octanol–water partition coefficient (Wildman–Crippen LogP) is 6.64. The summed E-state index contributed by atoms with van der Waals surface area (Å²) in [4.78, 5) is 0. The van der Waals surface area contributed by atoms with Crippen molar-refractivity contribution in [3.05, 3.63) is 60.9 Å². The smallest absolute Gasteiger partial charge is 0.0631 e. The average molecular weight is 474 g/mol. The summed E-state index contributed by atoms with van der Waals surface area (Å²) in [6, 6.07) is 13.4. The molecule has 0 bridgehead atoms. The van der Waals surface area contributed by atoms with Crippen molar-refractivity contribution in [2.45, 2.75) is 31.7 Å². The second-order valence-electron chi connectivity index (χ2n) is 5.63. The lowest BCUT2D eigenvalue weighted by Crippen LogP contribution is -2.34. The number of rotatable bonds is 3. The van der Waals surface area contributed by atoms with Crippen molar-refractivity contribution < 1.29 is 0 Å². The van der Waals surface area contributed by atoms with Gasteiger partial charge in [-0.2, -0.15) is 0 Å². The van der Waals surface area contributed by atoms with Gasteiger partial charge in [-0.3, -0.25) is 0 Å². The second kappa shape index (κ2) is 6.43. The van der Waals surface area contributed by atoms with Gasteiger partial charge in [0.15, 0.2) is 0 Å². The van der Waals surface area contributed by atoms with Gasteiger partial charge in [0, 0.05) is 19.5 Å². The Morgan fingerprint density at radius 2 is 1.57 bits per heavy atom. The average Bonchev–Trinajstić information content (AvgIpc) is 2.37. The first-order valence-corrected chi connectivity index (χ1v) is 9.39. The van der Waals surface area contributed by atoms with Crippen molar-refractivity contribution >= 4 is 53.5 Å². The molecular weight excluding hydrogens is 458 g/mol. The summed E-state index contributed by atoms with van der Waals surface area (Å²) in [7, 11) is 0. The molecule has 0 amide bonds. The number of hydrogen-bond donors (Lipinski definition) is 1. The first-order valence-electron chi connectivity index (χ1n) is 7.01. The minimum Gasteiger partial charge on any atom is -0.380 e. The molecule has 1 nitrogen and oxygen atoms in total. The van der Waals surface area contributed by atoms with Gasteiger partial charge in [0.2, 0.25) is 0 Å². The van der Waals surface area contributed by atoms with Crippen molar-refractivity contribution in [1.82, 2.24) is 0 Å². The monoisotopic (exact) mass is 471 g/mol. The lowest BCUT2D eigenvalue weighted by molar-refractivity contribution is 0.373. The van der Waals surface area contributed by atoms with Gasteiger partial charge < -0.3 is 5.32 Å². The summed E-state index contributed by atoms with van der Waals surface area (Å²) in [5.74, 6) is 0.654. The molecule has 0 aliphatic heterocycles. The number of nitrogens with one attached hydrogen (secondary N) is 1. The van der Waals surface area contributed by atoms with E-state index in [9.17, 15) is 0 Å². The summed E-state index contributed by atoms with van der Waals surface area (Å²) in [6.45, 7) is 2.10. The Labute approximate surface area is 150 Å². The van der Waals surface area contributed by atoms with Crippen LogP contribution in [0.15, 0.2) is 49.8 Å². The highest BCUT2D eigenvalue weighted by atomic mass is 79.9. The Bertz CT molecular complexity index is 640. The maximum Gasteiger partial charge on any atom is 0.0631 e. The number of hydrogen-bond acceptors (Lipinski definition) is 1. The molecule has 0 radical (unpaired) electrons. The Morgan fingerprint density at radius 1 is 0.952 bits per heavy atom. The third-order valence-corrected chi connectivity index (χ3v) is 5.99. The largest absolute Gasteiger partial charge is 0.380 e. The normalized spacial score (nSPS) is 21.0. The molecule has 1 aliphatic rings. The molecule has 1 N–H and O–H groups in total. The van der Waals surface area contributed by atoms with E-state index in [-0.39, 0.29) is 0 Å². The third-order valence-electron chi connectivity index (χ3n) is 4.02. The molecule has 110 valence electrons. The molecule has 0 saturated heterocycles.